The number of carbonyl (C=O) groups excluding carboxylic acids is 1. The van der Waals surface area contributed by atoms with E-state index in [4.69, 9.17) is 5.11 Å². The summed E-state index contributed by atoms with van der Waals surface area (Å²) in [5, 5.41) is 9.10. The molecule has 2 heterocycles. The maximum Gasteiger partial charge on any atom is 0.320 e. The molecule has 0 aromatic rings. The number of hydrogen-bond donors (Lipinski definition) is 1. The average Bonchev–Trinajstić information content (AvgIpc) is 2.87. The molecule has 2 saturated heterocycles. The molecule has 120 valence electrons. The molecular weight excluding hydrogens is 268 g/mol. The van der Waals surface area contributed by atoms with Crippen molar-refractivity contribution in [2.45, 2.75) is 53.0 Å². The van der Waals surface area contributed by atoms with Crippen molar-refractivity contribution in [2.24, 2.45) is 17.3 Å². The number of carboxylic acids is 1. The van der Waals surface area contributed by atoms with E-state index in [9.17, 15) is 9.59 Å². The SMILES string of the molecule is CC1CC(C(=O)O)CCN1C(=O)N1CCC(C(C)(C)C)C1. The first kappa shape index (κ1) is 16.1. The third-order valence-electron chi connectivity index (χ3n) is 5.15. The summed E-state index contributed by atoms with van der Waals surface area (Å²) in [4.78, 5) is 27.6. The molecule has 2 fully saturated rings. The quantitative estimate of drug-likeness (QED) is 0.809. The highest BCUT2D eigenvalue weighted by Gasteiger charge is 2.38. The third kappa shape index (κ3) is 3.50. The monoisotopic (exact) mass is 296 g/mol. The van der Waals surface area contributed by atoms with Gasteiger partial charge in [0.05, 0.1) is 5.92 Å². The Kier molecular flexibility index (Phi) is 4.49. The summed E-state index contributed by atoms with van der Waals surface area (Å²) in [5.41, 5.74) is 0.233. The molecule has 0 aromatic carbocycles. The zero-order valence-corrected chi connectivity index (χ0v) is 13.6. The lowest BCUT2D eigenvalue weighted by atomic mass is 9.80. The van der Waals surface area contributed by atoms with E-state index >= 15 is 0 Å². The topological polar surface area (TPSA) is 60.9 Å². The van der Waals surface area contributed by atoms with Crippen LogP contribution < -0.4 is 0 Å². The fourth-order valence-electron chi connectivity index (χ4n) is 3.50. The molecule has 0 aliphatic carbocycles. The predicted octanol–water partition coefficient (Wildman–Crippen LogP) is 2.66. The molecule has 0 saturated carbocycles. The van der Waals surface area contributed by atoms with Gasteiger partial charge < -0.3 is 14.9 Å². The minimum absolute atomic E-state index is 0.0148. The number of carboxylic acid groups (broad SMARTS) is 1. The number of hydrogen-bond acceptors (Lipinski definition) is 2. The van der Waals surface area contributed by atoms with E-state index in [-0.39, 0.29) is 23.4 Å². The fourth-order valence-corrected chi connectivity index (χ4v) is 3.50. The largest absolute Gasteiger partial charge is 0.481 e. The number of amides is 2. The number of likely N-dealkylation sites (tertiary alicyclic amines) is 2. The van der Waals surface area contributed by atoms with Crippen LogP contribution in [0.15, 0.2) is 0 Å². The van der Waals surface area contributed by atoms with Crippen molar-refractivity contribution in [3.63, 3.8) is 0 Å². The lowest BCUT2D eigenvalue weighted by Gasteiger charge is -2.38. The lowest BCUT2D eigenvalue weighted by molar-refractivity contribution is -0.143. The van der Waals surface area contributed by atoms with Crippen molar-refractivity contribution in [3.8, 4) is 0 Å². The van der Waals surface area contributed by atoms with E-state index in [1.807, 2.05) is 16.7 Å². The molecule has 21 heavy (non-hydrogen) atoms. The Morgan fingerprint density at radius 2 is 1.81 bits per heavy atom. The summed E-state index contributed by atoms with van der Waals surface area (Å²) < 4.78 is 0. The first-order chi connectivity index (χ1) is 9.70. The molecule has 0 radical (unpaired) electrons. The van der Waals surface area contributed by atoms with Gasteiger partial charge in [0.25, 0.3) is 0 Å². The second-order valence-electron chi connectivity index (χ2n) is 7.68. The summed E-state index contributed by atoms with van der Waals surface area (Å²) in [6, 6.07) is 0.110. The Bertz CT molecular complexity index is 416. The van der Waals surface area contributed by atoms with Crippen LogP contribution in [0.4, 0.5) is 4.79 Å². The normalized spacial score (nSPS) is 30.6. The Labute approximate surface area is 127 Å². The van der Waals surface area contributed by atoms with Crippen LogP contribution in [0.1, 0.15) is 47.0 Å². The molecule has 0 spiro atoms. The Hall–Kier alpha value is -1.26. The molecule has 5 nitrogen and oxygen atoms in total. The number of piperidine rings is 1. The summed E-state index contributed by atoms with van der Waals surface area (Å²) in [7, 11) is 0. The van der Waals surface area contributed by atoms with Gasteiger partial charge in [-0.15, -0.1) is 0 Å². The number of rotatable bonds is 1. The molecule has 2 amide bonds. The number of nitrogens with zero attached hydrogens (tertiary/aromatic N) is 2. The van der Waals surface area contributed by atoms with Crippen molar-refractivity contribution in [1.82, 2.24) is 9.80 Å². The van der Waals surface area contributed by atoms with E-state index in [1.165, 1.54) is 0 Å². The van der Waals surface area contributed by atoms with E-state index in [0.29, 0.717) is 25.3 Å². The zero-order valence-electron chi connectivity index (χ0n) is 13.6. The van der Waals surface area contributed by atoms with E-state index in [0.717, 1.165) is 19.5 Å². The Morgan fingerprint density at radius 3 is 2.29 bits per heavy atom. The van der Waals surface area contributed by atoms with Gasteiger partial charge in [-0.25, -0.2) is 4.79 Å². The average molecular weight is 296 g/mol. The highest BCUT2D eigenvalue weighted by molar-refractivity contribution is 5.76. The van der Waals surface area contributed by atoms with Crippen LogP contribution in [0.2, 0.25) is 0 Å². The second-order valence-corrected chi connectivity index (χ2v) is 7.68. The van der Waals surface area contributed by atoms with Gasteiger partial charge in [-0.2, -0.15) is 0 Å². The molecule has 2 aliphatic rings. The maximum atomic E-state index is 12.7. The molecule has 5 heteroatoms. The second kappa shape index (κ2) is 5.85. The van der Waals surface area contributed by atoms with Crippen molar-refractivity contribution in [2.75, 3.05) is 19.6 Å². The highest BCUT2D eigenvalue weighted by atomic mass is 16.4. The van der Waals surface area contributed by atoms with Crippen molar-refractivity contribution in [3.05, 3.63) is 0 Å². The standard InChI is InChI=1S/C16H28N2O3/c1-11-9-12(14(19)20)5-8-18(11)15(21)17-7-6-13(10-17)16(2,3)4/h11-13H,5-10H2,1-4H3,(H,19,20). The maximum absolute atomic E-state index is 12.7. The van der Waals surface area contributed by atoms with E-state index in [1.54, 1.807) is 0 Å². The molecule has 0 bridgehead atoms. The van der Waals surface area contributed by atoms with Crippen LogP contribution in [0.5, 0.6) is 0 Å². The smallest absolute Gasteiger partial charge is 0.320 e. The molecule has 0 aromatic heterocycles. The van der Waals surface area contributed by atoms with Gasteiger partial charge in [-0.1, -0.05) is 20.8 Å². The van der Waals surface area contributed by atoms with Crippen LogP contribution in [0.25, 0.3) is 0 Å². The van der Waals surface area contributed by atoms with Crippen LogP contribution >= 0.6 is 0 Å². The summed E-state index contributed by atoms with van der Waals surface area (Å²) >= 11 is 0. The molecule has 2 aliphatic heterocycles. The molecule has 3 unspecified atom stereocenters. The molecule has 3 atom stereocenters. The van der Waals surface area contributed by atoms with Gasteiger partial charge in [0.1, 0.15) is 0 Å². The number of urea groups is 1. The molecule has 2 rings (SSSR count). The van der Waals surface area contributed by atoms with E-state index < -0.39 is 5.97 Å². The number of carbonyl (C=O) groups is 2. The first-order valence-electron chi connectivity index (χ1n) is 7.98. The van der Waals surface area contributed by atoms with Crippen LogP contribution in [-0.2, 0) is 4.79 Å². The fraction of sp³-hybridized carbons (Fsp3) is 0.875. The Balaban J connectivity index is 1.94. The van der Waals surface area contributed by atoms with Crippen LogP contribution in [-0.4, -0.2) is 52.6 Å². The van der Waals surface area contributed by atoms with Crippen LogP contribution in [0.3, 0.4) is 0 Å². The third-order valence-corrected chi connectivity index (χ3v) is 5.15. The molecular formula is C16H28N2O3. The summed E-state index contributed by atoms with van der Waals surface area (Å²) in [6.45, 7) is 10.9. The van der Waals surface area contributed by atoms with Crippen LogP contribution in [0, 0.1) is 17.3 Å². The van der Waals surface area contributed by atoms with Gasteiger partial charge in [0, 0.05) is 25.7 Å². The van der Waals surface area contributed by atoms with Crippen molar-refractivity contribution in [1.29, 1.82) is 0 Å². The minimum Gasteiger partial charge on any atom is -0.481 e. The first-order valence-corrected chi connectivity index (χ1v) is 7.98. The predicted molar refractivity (Wildman–Crippen MR) is 81.1 cm³/mol. The summed E-state index contributed by atoms with van der Waals surface area (Å²) in [5.74, 6) is -0.485. The zero-order chi connectivity index (χ0) is 15.8. The van der Waals surface area contributed by atoms with Crippen molar-refractivity contribution < 1.29 is 14.7 Å². The van der Waals surface area contributed by atoms with Crippen molar-refractivity contribution >= 4 is 12.0 Å². The Morgan fingerprint density at radius 1 is 1.14 bits per heavy atom. The van der Waals surface area contributed by atoms with E-state index in [2.05, 4.69) is 20.8 Å². The summed E-state index contributed by atoms with van der Waals surface area (Å²) in [6.07, 6.45) is 2.20. The molecule has 1 N–H and O–H groups in total. The van der Waals surface area contributed by atoms with Gasteiger partial charge in [0.15, 0.2) is 0 Å². The van der Waals surface area contributed by atoms with Gasteiger partial charge in [0.2, 0.25) is 0 Å². The lowest BCUT2D eigenvalue weighted by Crippen LogP contribution is -2.51. The number of aliphatic carboxylic acids is 1. The highest BCUT2D eigenvalue weighted by Crippen LogP contribution is 2.34. The minimum atomic E-state index is -0.733. The van der Waals surface area contributed by atoms with Gasteiger partial charge >= 0.3 is 12.0 Å². The van der Waals surface area contributed by atoms with Gasteiger partial charge in [-0.05, 0) is 37.5 Å². The van der Waals surface area contributed by atoms with Gasteiger partial charge in [-0.3, -0.25) is 4.79 Å².